The van der Waals surface area contributed by atoms with Gasteiger partial charge in [0.25, 0.3) is 0 Å². The fraction of sp³-hybridized carbons (Fsp3) is 0.278. The maximum Gasteiger partial charge on any atom is 0.185 e. The van der Waals surface area contributed by atoms with Gasteiger partial charge in [0, 0.05) is 0 Å². The van der Waals surface area contributed by atoms with E-state index in [-0.39, 0.29) is 5.78 Å². The molecular formula is C18H18O2. The molecule has 102 valence electrons. The molecule has 0 aromatic heterocycles. The smallest absolute Gasteiger partial charge is 0.185 e. The van der Waals surface area contributed by atoms with E-state index >= 15 is 0 Å². The number of ether oxygens (including phenoxy) is 1. The molecule has 1 aliphatic heterocycles. The lowest BCUT2D eigenvalue weighted by Crippen LogP contribution is -2.28. The monoisotopic (exact) mass is 266 g/mol. The summed E-state index contributed by atoms with van der Waals surface area (Å²) in [7, 11) is 0. The van der Waals surface area contributed by atoms with Gasteiger partial charge in [-0.15, -0.1) is 0 Å². The molecule has 0 bridgehead atoms. The summed E-state index contributed by atoms with van der Waals surface area (Å²) in [5, 5.41) is 0. The summed E-state index contributed by atoms with van der Waals surface area (Å²) in [6.45, 7) is 3.69. The molecule has 0 aliphatic carbocycles. The van der Waals surface area contributed by atoms with Crippen molar-refractivity contribution >= 4 is 5.78 Å². The van der Waals surface area contributed by atoms with Crippen LogP contribution in [0.1, 0.15) is 31.4 Å². The number of ketones is 1. The number of carbonyl (C=O) groups is 1. The minimum atomic E-state index is -0.829. The van der Waals surface area contributed by atoms with E-state index in [1.807, 2.05) is 60.7 Å². The second-order valence-electron chi connectivity index (χ2n) is 5.25. The Morgan fingerprint density at radius 2 is 1.45 bits per heavy atom. The Bertz CT molecular complexity index is 620. The molecular weight excluding hydrogens is 248 g/mol. The summed E-state index contributed by atoms with van der Waals surface area (Å²) >= 11 is 0. The molecule has 2 atom stereocenters. The van der Waals surface area contributed by atoms with E-state index in [0.29, 0.717) is 0 Å². The number of rotatable bonds is 4. The topological polar surface area (TPSA) is 29.6 Å². The van der Waals surface area contributed by atoms with Gasteiger partial charge in [-0.05, 0) is 24.5 Å². The van der Waals surface area contributed by atoms with E-state index in [4.69, 9.17) is 4.74 Å². The highest BCUT2D eigenvalue weighted by atomic mass is 16.6. The van der Waals surface area contributed by atoms with Gasteiger partial charge in [0.15, 0.2) is 11.4 Å². The summed E-state index contributed by atoms with van der Waals surface area (Å²) in [6, 6.07) is 19.8. The first kappa shape index (κ1) is 13.1. The standard InChI is InChI=1S/C18H18O2/c1-3-17(15-10-6-4-7-11-15)18(20-17,14(2)19)16-12-8-5-9-13-16/h4-13H,3H2,1-2H3/t17-,18-/m1/s1. The number of carbonyl (C=O) groups excluding carboxylic acids is 1. The predicted molar refractivity (Wildman–Crippen MR) is 78.3 cm³/mol. The molecule has 3 rings (SSSR count). The van der Waals surface area contributed by atoms with Gasteiger partial charge in [-0.3, -0.25) is 4.79 Å². The SMILES string of the molecule is CC[C@]1(c2ccccc2)O[C@]1(C(C)=O)c1ccccc1. The third-order valence-electron chi connectivity index (χ3n) is 4.27. The number of hydrogen-bond acceptors (Lipinski definition) is 2. The molecule has 0 spiro atoms. The second kappa shape index (κ2) is 4.57. The van der Waals surface area contributed by atoms with Gasteiger partial charge in [-0.25, -0.2) is 0 Å². The lowest BCUT2D eigenvalue weighted by Gasteiger charge is -2.17. The Labute approximate surface area is 119 Å². The average molecular weight is 266 g/mol. The molecule has 1 heterocycles. The van der Waals surface area contributed by atoms with Crippen LogP contribution in [0.15, 0.2) is 60.7 Å². The van der Waals surface area contributed by atoms with Crippen LogP contribution < -0.4 is 0 Å². The summed E-state index contributed by atoms with van der Waals surface area (Å²) < 4.78 is 6.13. The van der Waals surface area contributed by atoms with Crippen molar-refractivity contribution in [3.63, 3.8) is 0 Å². The number of benzene rings is 2. The fourth-order valence-corrected chi connectivity index (χ4v) is 3.26. The predicted octanol–water partition coefficient (Wildman–Crippen LogP) is 3.81. The Hall–Kier alpha value is -1.93. The Morgan fingerprint density at radius 3 is 1.90 bits per heavy atom. The summed E-state index contributed by atoms with van der Waals surface area (Å²) in [4.78, 5) is 12.4. The van der Waals surface area contributed by atoms with E-state index in [0.717, 1.165) is 17.5 Å². The van der Waals surface area contributed by atoms with Crippen molar-refractivity contribution in [2.24, 2.45) is 0 Å². The van der Waals surface area contributed by atoms with Gasteiger partial charge in [-0.1, -0.05) is 67.6 Å². The zero-order valence-corrected chi connectivity index (χ0v) is 11.8. The Kier molecular flexibility index (Phi) is 2.98. The summed E-state index contributed by atoms with van der Waals surface area (Å²) in [6.07, 6.45) is 0.769. The van der Waals surface area contributed by atoms with Crippen molar-refractivity contribution in [1.29, 1.82) is 0 Å². The highest BCUT2D eigenvalue weighted by molar-refractivity contribution is 5.91. The summed E-state index contributed by atoms with van der Waals surface area (Å²) in [5.74, 6) is 0.0643. The molecule has 0 saturated carbocycles. The lowest BCUT2D eigenvalue weighted by molar-refractivity contribution is -0.122. The maximum absolute atomic E-state index is 12.4. The molecule has 20 heavy (non-hydrogen) atoms. The first-order valence-corrected chi connectivity index (χ1v) is 6.99. The van der Waals surface area contributed by atoms with Crippen LogP contribution in [0.5, 0.6) is 0 Å². The molecule has 0 unspecified atom stereocenters. The third-order valence-corrected chi connectivity index (χ3v) is 4.27. The first-order chi connectivity index (χ1) is 9.67. The van der Waals surface area contributed by atoms with E-state index < -0.39 is 11.2 Å². The van der Waals surface area contributed by atoms with Crippen molar-refractivity contribution in [3.05, 3.63) is 71.8 Å². The Balaban J connectivity index is 2.14. The van der Waals surface area contributed by atoms with Crippen LogP contribution in [0.3, 0.4) is 0 Å². The highest BCUT2D eigenvalue weighted by Gasteiger charge is 2.73. The van der Waals surface area contributed by atoms with E-state index in [1.165, 1.54) is 0 Å². The normalized spacial score (nSPS) is 28.1. The van der Waals surface area contributed by atoms with Crippen molar-refractivity contribution in [2.45, 2.75) is 31.5 Å². The van der Waals surface area contributed by atoms with Crippen LogP contribution >= 0.6 is 0 Å². The van der Waals surface area contributed by atoms with E-state index in [2.05, 4.69) is 6.92 Å². The van der Waals surface area contributed by atoms with Crippen LogP contribution in [0.2, 0.25) is 0 Å². The molecule has 1 aliphatic rings. The molecule has 2 aromatic carbocycles. The van der Waals surface area contributed by atoms with Crippen molar-refractivity contribution in [2.75, 3.05) is 0 Å². The van der Waals surface area contributed by atoms with Gasteiger partial charge < -0.3 is 4.74 Å². The fourth-order valence-electron chi connectivity index (χ4n) is 3.26. The van der Waals surface area contributed by atoms with Crippen LogP contribution in [-0.2, 0) is 20.7 Å². The minimum Gasteiger partial charge on any atom is -0.344 e. The van der Waals surface area contributed by atoms with Crippen molar-refractivity contribution in [1.82, 2.24) is 0 Å². The number of hydrogen-bond donors (Lipinski definition) is 0. The second-order valence-corrected chi connectivity index (χ2v) is 5.25. The van der Waals surface area contributed by atoms with E-state index in [9.17, 15) is 4.79 Å². The molecule has 1 saturated heterocycles. The zero-order valence-electron chi connectivity index (χ0n) is 11.8. The van der Waals surface area contributed by atoms with Crippen molar-refractivity contribution in [3.8, 4) is 0 Å². The maximum atomic E-state index is 12.4. The number of Topliss-reactive ketones (excluding diaryl/α,β-unsaturated/α-hetero) is 1. The third kappa shape index (κ3) is 1.58. The van der Waals surface area contributed by atoms with Crippen molar-refractivity contribution < 1.29 is 9.53 Å². The zero-order chi connectivity index (χ0) is 14.2. The molecule has 1 fully saturated rings. The van der Waals surface area contributed by atoms with Gasteiger partial charge in [0.2, 0.25) is 0 Å². The van der Waals surface area contributed by atoms with Crippen LogP contribution in [0.4, 0.5) is 0 Å². The Morgan fingerprint density at radius 1 is 0.950 bits per heavy atom. The van der Waals surface area contributed by atoms with Crippen LogP contribution in [0.25, 0.3) is 0 Å². The minimum absolute atomic E-state index is 0.0643. The van der Waals surface area contributed by atoms with Gasteiger partial charge in [0.05, 0.1) is 0 Å². The van der Waals surface area contributed by atoms with Gasteiger partial charge in [-0.2, -0.15) is 0 Å². The van der Waals surface area contributed by atoms with Crippen LogP contribution in [0, 0.1) is 0 Å². The molecule has 2 aromatic rings. The average Bonchev–Trinajstić information content (AvgIpc) is 3.21. The number of epoxide rings is 1. The van der Waals surface area contributed by atoms with Gasteiger partial charge in [0.1, 0.15) is 5.60 Å². The largest absolute Gasteiger partial charge is 0.344 e. The van der Waals surface area contributed by atoms with Crippen LogP contribution in [-0.4, -0.2) is 5.78 Å². The molecule has 2 nitrogen and oxygen atoms in total. The molecule has 0 N–H and O–H groups in total. The van der Waals surface area contributed by atoms with E-state index in [1.54, 1.807) is 6.92 Å². The summed E-state index contributed by atoms with van der Waals surface area (Å²) in [5.41, 5.74) is 0.658. The molecule has 0 radical (unpaired) electrons. The van der Waals surface area contributed by atoms with Gasteiger partial charge >= 0.3 is 0 Å². The highest BCUT2D eigenvalue weighted by Crippen LogP contribution is 2.64. The molecule has 2 heteroatoms. The molecule has 0 amide bonds. The lowest BCUT2D eigenvalue weighted by atomic mass is 9.78. The quantitative estimate of drug-likeness (QED) is 0.788. The first-order valence-electron chi connectivity index (χ1n) is 6.99.